The summed E-state index contributed by atoms with van der Waals surface area (Å²) in [6.07, 6.45) is 2.85. The Morgan fingerprint density at radius 1 is 1.12 bits per heavy atom. The zero-order chi connectivity index (χ0) is 12.3. The lowest BCUT2D eigenvalue weighted by atomic mass is 10.3. The average molecular weight is 237 g/mol. The van der Waals surface area contributed by atoms with Gasteiger partial charge in [0.25, 0.3) is 0 Å². The van der Waals surface area contributed by atoms with Gasteiger partial charge in [-0.1, -0.05) is 0 Å². The van der Waals surface area contributed by atoms with Gasteiger partial charge in [0, 0.05) is 25.2 Å². The first-order valence-corrected chi connectivity index (χ1v) is 4.81. The van der Waals surface area contributed by atoms with Crippen molar-refractivity contribution in [2.24, 2.45) is 0 Å². The third-order valence-corrected chi connectivity index (χ3v) is 1.93. The van der Waals surface area contributed by atoms with Gasteiger partial charge in [0.2, 0.25) is 5.88 Å². The van der Waals surface area contributed by atoms with Gasteiger partial charge in [-0.25, -0.2) is 8.78 Å². The second kappa shape index (κ2) is 4.73. The molecule has 0 amide bonds. The molecule has 2 aromatic rings. The Labute approximate surface area is 96.3 Å². The minimum atomic E-state index is -0.710. The molecule has 4 nitrogen and oxygen atoms in total. The molecule has 0 aliphatic heterocycles. The maximum absolute atomic E-state index is 12.9. The van der Waals surface area contributed by atoms with E-state index in [9.17, 15) is 8.78 Å². The molecule has 1 N–H and O–H groups in total. The van der Waals surface area contributed by atoms with Crippen LogP contribution in [0.5, 0.6) is 11.6 Å². The number of hydrogen-bond acceptors (Lipinski definition) is 4. The van der Waals surface area contributed by atoms with Gasteiger partial charge in [-0.2, -0.15) is 4.98 Å². The van der Waals surface area contributed by atoms with E-state index in [1.807, 2.05) is 0 Å². The third kappa shape index (κ3) is 2.87. The van der Waals surface area contributed by atoms with Crippen LogP contribution in [-0.2, 0) is 0 Å². The van der Waals surface area contributed by atoms with E-state index in [1.54, 1.807) is 7.05 Å². The number of nitrogens with one attached hydrogen (secondary N) is 1. The Morgan fingerprint density at radius 3 is 2.47 bits per heavy atom. The molecule has 0 atom stereocenters. The zero-order valence-electron chi connectivity index (χ0n) is 8.95. The fourth-order valence-corrected chi connectivity index (χ4v) is 1.23. The van der Waals surface area contributed by atoms with Crippen molar-refractivity contribution in [2.45, 2.75) is 0 Å². The first kappa shape index (κ1) is 11.3. The summed E-state index contributed by atoms with van der Waals surface area (Å²) in [5.41, 5.74) is 0. The molecule has 6 heteroatoms. The maximum atomic E-state index is 12.9. The van der Waals surface area contributed by atoms with Crippen LogP contribution in [0.2, 0.25) is 0 Å². The summed E-state index contributed by atoms with van der Waals surface area (Å²) in [5, 5.41) is 2.77. The highest BCUT2D eigenvalue weighted by molar-refractivity contribution is 5.34. The first-order chi connectivity index (χ1) is 8.17. The second-order valence-corrected chi connectivity index (χ2v) is 3.20. The number of ether oxygens (including phenoxy) is 1. The van der Waals surface area contributed by atoms with Gasteiger partial charge < -0.3 is 10.1 Å². The van der Waals surface area contributed by atoms with Gasteiger partial charge in [-0.15, -0.1) is 0 Å². The molecule has 1 aromatic heterocycles. The fourth-order valence-electron chi connectivity index (χ4n) is 1.23. The zero-order valence-corrected chi connectivity index (χ0v) is 8.95. The van der Waals surface area contributed by atoms with Crippen LogP contribution in [0.4, 0.5) is 14.6 Å². The van der Waals surface area contributed by atoms with Gasteiger partial charge >= 0.3 is 0 Å². The Bertz CT molecular complexity index is 514. The number of hydrogen-bond donors (Lipinski definition) is 1. The van der Waals surface area contributed by atoms with E-state index in [4.69, 9.17) is 4.74 Å². The topological polar surface area (TPSA) is 47.0 Å². The van der Waals surface area contributed by atoms with Crippen molar-refractivity contribution in [1.29, 1.82) is 0 Å². The van der Waals surface area contributed by atoms with E-state index in [1.165, 1.54) is 12.4 Å². The standard InChI is InChI=1S/C11H9F2N3O/c1-14-10-5-15-6-11(16-10)17-9-3-7(12)2-8(13)4-9/h2-6H,1H3,(H,14,16). The van der Waals surface area contributed by atoms with E-state index in [2.05, 4.69) is 15.3 Å². The number of rotatable bonds is 3. The quantitative estimate of drug-likeness (QED) is 0.891. The largest absolute Gasteiger partial charge is 0.437 e. The van der Waals surface area contributed by atoms with Crippen LogP contribution in [0.15, 0.2) is 30.6 Å². The molecular weight excluding hydrogens is 228 g/mol. The van der Waals surface area contributed by atoms with E-state index >= 15 is 0 Å². The number of halogens is 2. The van der Waals surface area contributed by atoms with Crippen LogP contribution >= 0.6 is 0 Å². The number of anilines is 1. The maximum Gasteiger partial charge on any atom is 0.239 e. The van der Waals surface area contributed by atoms with Crippen molar-refractivity contribution in [3.8, 4) is 11.6 Å². The SMILES string of the molecule is CNc1cncc(Oc2cc(F)cc(F)c2)n1. The molecule has 0 saturated heterocycles. The number of nitrogens with zero attached hydrogens (tertiary/aromatic N) is 2. The summed E-state index contributed by atoms with van der Waals surface area (Å²) in [4.78, 5) is 7.86. The highest BCUT2D eigenvalue weighted by Crippen LogP contribution is 2.21. The van der Waals surface area contributed by atoms with Crippen molar-refractivity contribution < 1.29 is 13.5 Å². The van der Waals surface area contributed by atoms with Crippen LogP contribution in [0.1, 0.15) is 0 Å². The van der Waals surface area contributed by atoms with Crippen LogP contribution < -0.4 is 10.1 Å². The Hall–Kier alpha value is -2.24. The lowest BCUT2D eigenvalue weighted by Gasteiger charge is -2.05. The normalized spacial score (nSPS) is 10.1. The predicted molar refractivity (Wildman–Crippen MR) is 58.0 cm³/mol. The summed E-state index contributed by atoms with van der Waals surface area (Å²) in [6.45, 7) is 0. The van der Waals surface area contributed by atoms with Gasteiger partial charge in [-0.05, 0) is 0 Å². The summed E-state index contributed by atoms with van der Waals surface area (Å²) in [5.74, 6) is -0.735. The molecule has 0 saturated carbocycles. The highest BCUT2D eigenvalue weighted by Gasteiger charge is 2.04. The lowest BCUT2D eigenvalue weighted by molar-refractivity contribution is 0.449. The molecule has 1 heterocycles. The molecule has 0 spiro atoms. The van der Waals surface area contributed by atoms with E-state index in [0.29, 0.717) is 5.82 Å². The smallest absolute Gasteiger partial charge is 0.239 e. The van der Waals surface area contributed by atoms with Gasteiger partial charge in [0.1, 0.15) is 23.2 Å². The molecule has 0 aliphatic carbocycles. The molecule has 17 heavy (non-hydrogen) atoms. The molecule has 0 aliphatic rings. The number of aromatic nitrogens is 2. The third-order valence-electron chi connectivity index (χ3n) is 1.93. The molecule has 0 radical (unpaired) electrons. The van der Waals surface area contributed by atoms with E-state index in [0.717, 1.165) is 18.2 Å². The molecule has 1 aromatic carbocycles. The van der Waals surface area contributed by atoms with Crippen molar-refractivity contribution in [3.63, 3.8) is 0 Å². The molecule has 0 unspecified atom stereocenters. The Kier molecular flexibility index (Phi) is 3.13. The first-order valence-electron chi connectivity index (χ1n) is 4.81. The molecule has 2 rings (SSSR count). The van der Waals surface area contributed by atoms with Crippen LogP contribution in [-0.4, -0.2) is 17.0 Å². The molecule has 88 valence electrons. The highest BCUT2D eigenvalue weighted by atomic mass is 19.1. The van der Waals surface area contributed by atoms with Gasteiger partial charge in [-0.3, -0.25) is 4.98 Å². The van der Waals surface area contributed by atoms with Gasteiger partial charge in [0.05, 0.1) is 12.4 Å². The van der Waals surface area contributed by atoms with Crippen molar-refractivity contribution in [1.82, 2.24) is 9.97 Å². The summed E-state index contributed by atoms with van der Waals surface area (Å²) in [7, 11) is 1.68. The second-order valence-electron chi connectivity index (χ2n) is 3.20. The van der Waals surface area contributed by atoms with Crippen molar-refractivity contribution in [2.75, 3.05) is 12.4 Å². The van der Waals surface area contributed by atoms with Crippen LogP contribution in [0.25, 0.3) is 0 Å². The van der Waals surface area contributed by atoms with E-state index < -0.39 is 11.6 Å². The lowest BCUT2D eigenvalue weighted by Crippen LogP contribution is -1.96. The monoisotopic (exact) mass is 237 g/mol. The van der Waals surface area contributed by atoms with Gasteiger partial charge in [0.15, 0.2) is 0 Å². The minimum Gasteiger partial charge on any atom is -0.437 e. The molecular formula is C11H9F2N3O. The van der Waals surface area contributed by atoms with Crippen molar-refractivity contribution >= 4 is 5.82 Å². The predicted octanol–water partition coefficient (Wildman–Crippen LogP) is 2.59. The summed E-state index contributed by atoms with van der Waals surface area (Å²) >= 11 is 0. The summed E-state index contributed by atoms with van der Waals surface area (Å²) in [6, 6.07) is 2.90. The Morgan fingerprint density at radius 2 is 1.82 bits per heavy atom. The molecule has 0 bridgehead atoms. The summed E-state index contributed by atoms with van der Waals surface area (Å²) < 4.78 is 31.0. The average Bonchev–Trinajstić information content (AvgIpc) is 2.28. The minimum absolute atomic E-state index is 0.0325. The number of benzene rings is 1. The fraction of sp³-hybridized carbons (Fsp3) is 0.0909. The van der Waals surface area contributed by atoms with E-state index in [-0.39, 0.29) is 11.6 Å². The van der Waals surface area contributed by atoms with Crippen LogP contribution in [0, 0.1) is 11.6 Å². The molecule has 0 fully saturated rings. The van der Waals surface area contributed by atoms with Crippen molar-refractivity contribution in [3.05, 3.63) is 42.2 Å². The van der Waals surface area contributed by atoms with Crippen LogP contribution in [0.3, 0.4) is 0 Å². The Balaban J connectivity index is 2.24.